The second kappa shape index (κ2) is 9.45. The highest BCUT2D eigenvalue weighted by Crippen LogP contribution is 2.26. The molecule has 0 bridgehead atoms. The summed E-state index contributed by atoms with van der Waals surface area (Å²) in [6.45, 7) is 3.47. The summed E-state index contributed by atoms with van der Waals surface area (Å²) in [5, 5.41) is 3.16. The van der Waals surface area contributed by atoms with Gasteiger partial charge in [0.05, 0.1) is 5.25 Å². The molecule has 142 valence electrons. The van der Waals surface area contributed by atoms with Gasteiger partial charge in [0.1, 0.15) is 0 Å². The third-order valence-electron chi connectivity index (χ3n) is 5.53. The summed E-state index contributed by atoms with van der Waals surface area (Å²) in [7, 11) is 0. The van der Waals surface area contributed by atoms with Gasteiger partial charge in [0, 0.05) is 29.9 Å². The number of hydrogen-bond acceptors (Lipinski definition) is 3. The van der Waals surface area contributed by atoms with Crippen molar-refractivity contribution >= 4 is 23.6 Å². The lowest BCUT2D eigenvalue weighted by Crippen LogP contribution is -2.49. The van der Waals surface area contributed by atoms with E-state index in [1.807, 2.05) is 42.2 Å². The van der Waals surface area contributed by atoms with Crippen LogP contribution >= 0.6 is 11.8 Å². The average molecular weight is 375 g/mol. The molecule has 26 heavy (non-hydrogen) atoms. The van der Waals surface area contributed by atoms with Crippen LogP contribution in [0.15, 0.2) is 35.2 Å². The highest BCUT2D eigenvalue weighted by molar-refractivity contribution is 8.00. The van der Waals surface area contributed by atoms with Crippen LogP contribution in [0.5, 0.6) is 0 Å². The van der Waals surface area contributed by atoms with Gasteiger partial charge in [-0.2, -0.15) is 0 Å². The molecule has 2 amide bonds. The molecule has 0 aromatic heterocycles. The van der Waals surface area contributed by atoms with E-state index in [1.54, 1.807) is 11.8 Å². The number of thioether (sulfide) groups is 1. The molecule has 2 fully saturated rings. The van der Waals surface area contributed by atoms with Crippen molar-refractivity contribution in [3.8, 4) is 0 Å². The molecule has 1 aromatic carbocycles. The van der Waals surface area contributed by atoms with Crippen molar-refractivity contribution in [2.24, 2.45) is 5.92 Å². The predicted octanol–water partition coefficient (Wildman–Crippen LogP) is 3.85. The first-order chi connectivity index (χ1) is 12.6. The minimum absolute atomic E-state index is 0.0780. The Balaban J connectivity index is 1.42. The Morgan fingerprint density at radius 3 is 2.35 bits per heavy atom. The van der Waals surface area contributed by atoms with Gasteiger partial charge >= 0.3 is 0 Å². The van der Waals surface area contributed by atoms with Crippen molar-refractivity contribution in [1.82, 2.24) is 10.2 Å². The molecular formula is C21H30N2O2S. The van der Waals surface area contributed by atoms with Gasteiger partial charge in [-0.3, -0.25) is 9.59 Å². The maximum atomic E-state index is 12.7. The van der Waals surface area contributed by atoms with Crippen molar-refractivity contribution in [3.05, 3.63) is 30.3 Å². The fourth-order valence-electron chi connectivity index (χ4n) is 3.94. The van der Waals surface area contributed by atoms with Crippen LogP contribution in [0, 0.1) is 5.92 Å². The third kappa shape index (κ3) is 5.26. The molecule has 1 atom stereocenters. The Morgan fingerprint density at radius 1 is 1.04 bits per heavy atom. The summed E-state index contributed by atoms with van der Waals surface area (Å²) in [6.07, 6.45) is 7.45. The van der Waals surface area contributed by atoms with Crippen LogP contribution in [0.2, 0.25) is 0 Å². The lowest BCUT2D eigenvalue weighted by atomic mass is 9.88. The molecule has 1 saturated heterocycles. The van der Waals surface area contributed by atoms with E-state index in [9.17, 15) is 9.59 Å². The fourth-order valence-corrected chi connectivity index (χ4v) is 4.91. The maximum Gasteiger partial charge on any atom is 0.235 e. The Kier molecular flexibility index (Phi) is 7.00. The molecule has 0 radical (unpaired) electrons. The number of nitrogens with one attached hydrogen (secondary N) is 1. The first kappa shape index (κ1) is 19.3. The standard InChI is InChI=1S/C21H30N2O2S/c1-16(26-19-10-6-3-7-11-19)21(25)23-14-12-18(13-15-23)22-20(24)17-8-4-2-5-9-17/h3,6-7,10-11,16-18H,2,4-5,8-9,12-15H2,1H3,(H,22,24). The Hall–Kier alpha value is -1.49. The summed E-state index contributed by atoms with van der Waals surface area (Å²) in [4.78, 5) is 28.2. The van der Waals surface area contributed by atoms with Crippen molar-refractivity contribution in [2.45, 2.75) is 68.1 Å². The van der Waals surface area contributed by atoms with Crippen LogP contribution < -0.4 is 5.32 Å². The first-order valence-corrected chi connectivity index (χ1v) is 10.8. The van der Waals surface area contributed by atoms with Crippen molar-refractivity contribution < 1.29 is 9.59 Å². The van der Waals surface area contributed by atoms with Gasteiger partial charge in [0.25, 0.3) is 0 Å². The summed E-state index contributed by atoms with van der Waals surface area (Å²) in [5.41, 5.74) is 0. The molecule has 1 unspecified atom stereocenters. The number of carbonyl (C=O) groups is 2. The minimum Gasteiger partial charge on any atom is -0.353 e. The van der Waals surface area contributed by atoms with E-state index in [0.717, 1.165) is 43.7 Å². The van der Waals surface area contributed by atoms with E-state index in [2.05, 4.69) is 5.32 Å². The SMILES string of the molecule is CC(Sc1ccccc1)C(=O)N1CCC(NC(=O)C2CCCCC2)CC1. The summed E-state index contributed by atoms with van der Waals surface area (Å²) >= 11 is 1.61. The van der Waals surface area contributed by atoms with Gasteiger partial charge < -0.3 is 10.2 Å². The molecule has 1 N–H and O–H groups in total. The quantitative estimate of drug-likeness (QED) is 0.796. The summed E-state index contributed by atoms with van der Waals surface area (Å²) in [5.74, 6) is 0.657. The largest absolute Gasteiger partial charge is 0.353 e. The molecule has 2 aliphatic rings. The molecular weight excluding hydrogens is 344 g/mol. The number of piperidine rings is 1. The van der Waals surface area contributed by atoms with E-state index in [1.165, 1.54) is 19.3 Å². The summed E-state index contributed by atoms with van der Waals surface area (Å²) < 4.78 is 0. The number of benzene rings is 1. The molecule has 1 heterocycles. The average Bonchev–Trinajstić information content (AvgIpc) is 2.69. The normalized spacial score (nSPS) is 20.6. The van der Waals surface area contributed by atoms with Gasteiger partial charge in [-0.25, -0.2) is 0 Å². The molecule has 4 nitrogen and oxygen atoms in total. The monoisotopic (exact) mass is 374 g/mol. The van der Waals surface area contributed by atoms with Gasteiger partial charge in [0.15, 0.2) is 0 Å². The minimum atomic E-state index is -0.0780. The highest BCUT2D eigenvalue weighted by atomic mass is 32.2. The van der Waals surface area contributed by atoms with Crippen LogP contribution in [0.1, 0.15) is 51.9 Å². The number of nitrogens with zero attached hydrogens (tertiary/aromatic N) is 1. The predicted molar refractivity (Wildman–Crippen MR) is 106 cm³/mol. The lowest BCUT2D eigenvalue weighted by molar-refractivity contribution is -0.131. The molecule has 3 rings (SSSR count). The zero-order chi connectivity index (χ0) is 18.4. The molecule has 1 aromatic rings. The first-order valence-electron chi connectivity index (χ1n) is 9.94. The maximum absolute atomic E-state index is 12.7. The molecule has 1 aliphatic heterocycles. The second-order valence-corrected chi connectivity index (χ2v) is 8.93. The molecule has 0 spiro atoms. The fraction of sp³-hybridized carbons (Fsp3) is 0.619. The third-order valence-corrected chi connectivity index (χ3v) is 6.63. The van der Waals surface area contributed by atoms with Gasteiger partial charge in [-0.05, 0) is 44.7 Å². The van der Waals surface area contributed by atoms with Gasteiger partial charge in [-0.15, -0.1) is 11.8 Å². The van der Waals surface area contributed by atoms with E-state index in [0.29, 0.717) is 0 Å². The Morgan fingerprint density at radius 2 is 1.69 bits per heavy atom. The van der Waals surface area contributed by atoms with Crippen LogP contribution in [0.4, 0.5) is 0 Å². The Bertz CT molecular complexity index is 593. The van der Waals surface area contributed by atoms with Crippen molar-refractivity contribution in [3.63, 3.8) is 0 Å². The van der Waals surface area contributed by atoms with E-state index < -0.39 is 0 Å². The van der Waals surface area contributed by atoms with E-state index in [4.69, 9.17) is 0 Å². The number of carbonyl (C=O) groups excluding carboxylic acids is 2. The lowest BCUT2D eigenvalue weighted by Gasteiger charge is -2.34. The van der Waals surface area contributed by atoms with E-state index in [-0.39, 0.29) is 29.0 Å². The second-order valence-electron chi connectivity index (χ2n) is 7.52. The van der Waals surface area contributed by atoms with Crippen LogP contribution in [-0.2, 0) is 9.59 Å². The van der Waals surface area contributed by atoms with Gasteiger partial charge in [0.2, 0.25) is 11.8 Å². The van der Waals surface area contributed by atoms with Crippen LogP contribution in [-0.4, -0.2) is 41.1 Å². The molecule has 1 aliphatic carbocycles. The van der Waals surface area contributed by atoms with Crippen LogP contribution in [0.25, 0.3) is 0 Å². The molecule has 1 saturated carbocycles. The summed E-state index contributed by atoms with van der Waals surface area (Å²) in [6, 6.07) is 10.3. The van der Waals surface area contributed by atoms with Gasteiger partial charge in [-0.1, -0.05) is 37.5 Å². The zero-order valence-electron chi connectivity index (χ0n) is 15.7. The number of rotatable bonds is 5. The molecule has 5 heteroatoms. The topological polar surface area (TPSA) is 49.4 Å². The smallest absolute Gasteiger partial charge is 0.235 e. The number of amides is 2. The van der Waals surface area contributed by atoms with E-state index >= 15 is 0 Å². The van der Waals surface area contributed by atoms with Crippen molar-refractivity contribution in [2.75, 3.05) is 13.1 Å². The number of likely N-dealkylation sites (tertiary alicyclic amines) is 1. The van der Waals surface area contributed by atoms with Crippen molar-refractivity contribution in [1.29, 1.82) is 0 Å². The zero-order valence-corrected chi connectivity index (χ0v) is 16.5. The highest BCUT2D eigenvalue weighted by Gasteiger charge is 2.29. The van der Waals surface area contributed by atoms with Crippen LogP contribution in [0.3, 0.4) is 0 Å². The Labute approximate surface area is 161 Å². The number of hydrogen-bond donors (Lipinski definition) is 1.